The van der Waals surface area contributed by atoms with Crippen LogP contribution < -0.4 is 0 Å². The van der Waals surface area contributed by atoms with Crippen molar-refractivity contribution in [1.82, 2.24) is 4.90 Å². The molecule has 0 aromatic carbocycles. The SMILES string of the molecule is CC(C)CC1CCC2(CC1)CN(C(C)C)C2. The molecule has 0 unspecified atom stereocenters. The molecule has 2 rings (SSSR count). The van der Waals surface area contributed by atoms with E-state index in [1.165, 1.54) is 45.2 Å². The van der Waals surface area contributed by atoms with E-state index in [0.717, 1.165) is 23.3 Å². The maximum Gasteiger partial charge on any atom is 0.00532 e. The molecule has 0 radical (unpaired) electrons. The molecule has 0 aromatic rings. The molecule has 1 aliphatic heterocycles. The Labute approximate surface area is 102 Å². The number of likely N-dealkylation sites (tertiary alicyclic amines) is 1. The van der Waals surface area contributed by atoms with Gasteiger partial charge in [-0.1, -0.05) is 13.8 Å². The topological polar surface area (TPSA) is 3.24 Å². The lowest BCUT2D eigenvalue weighted by atomic mass is 9.64. The average Bonchev–Trinajstić information content (AvgIpc) is 2.14. The summed E-state index contributed by atoms with van der Waals surface area (Å²) >= 11 is 0. The number of hydrogen-bond donors (Lipinski definition) is 0. The molecule has 1 heteroatoms. The van der Waals surface area contributed by atoms with Crippen molar-refractivity contribution in [3.05, 3.63) is 0 Å². The molecular formula is C15H29N. The zero-order chi connectivity index (χ0) is 11.8. The highest BCUT2D eigenvalue weighted by atomic mass is 15.2. The summed E-state index contributed by atoms with van der Waals surface area (Å²) < 4.78 is 0. The molecule has 94 valence electrons. The van der Waals surface area contributed by atoms with E-state index in [-0.39, 0.29) is 0 Å². The van der Waals surface area contributed by atoms with E-state index in [4.69, 9.17) is 0 Å². The van der Waals surface area contributed by atoms with E-state index in [2.05, 4.69) is 32.6 Å². The highest BCUT2D eigenvalue weighted by Gasteiger charge is 2.45. The lowest BCUT2D eigenvalue weighted by Gasteiger charge is -2.55. The van der Waals surface area contributed by atoms with Gasteiger partial charge in [0.2, 0.25) is 0 Å². The summed E-state index contributed by atoms with van der Waals surface area (Å²) in [5.41, 5.74) is 0.748. The fourth-order valence-corrected chi connectivity index (χ4v) is 3.69. The first-order chi connectivity index (χ1) is 7.51. The Hall–Kier alpha value is -0.0400. The first-order valence-corrected chi connectivity index (χ1v) is 7.25. The zero-order valence-electron chi connectivity index (χ0n) is 11.6. The van der Waals surface area contributed by atoms with Crippen LogP contribution in [0.4, 0.5) is 0 Å². The summed E-state index contributed by atoms with van der Waals surface area (Å²) in [6.45, 7) is 12.2. The molecular weight excluding hydrogens is 194 g/mol. The Morgan fingerprint density at radius 1 is 1.06 bits per heavy atom. The second kappa shape index (κ2) is 4.68. The van der Waals surface area contributed by atoms with Crippen LogP contribution in [0.1, 0.15) is 59.8 Å². The van der Waals surface area contributed by atoms with Crippen molar-refractivity contribution in [3.8, 4) is 0 Å². The van der Waals surface area contributed by atoms with Crippen molar-refractivity contribution in [2.75, 3.05) is 13.1 Å². The smallest absolute Gasteiger partial charge is 0.00532 e. The van der Waals surface area contributed by atoms with Gasteiger partial charge in [0.05, 0.1) is 0 Å². The normalized spacial score (nSPS) is 26.6. The fourth-order valence-electron chi connectivity index (χ4n) is 3.69. The van der Waals surface area contributed by atoms with Crippen molar-refractivity contribution in [3.63, 3.8) is 0 Å². The predicted molar refractivity (Wildman–Crippen MR) is 70.6 cm³/mol. The third kappa shape index (κ3) is 2.61. The minimum absolute atomic E-state index is 0.748. The first kappa shape index (κ1) is 12.4. The molecule has 16 heavy (non-hydrogen) atoms. The Kier molecular flexibility index (Phi) is 3.63. The average molecular weight is 223 g/mol. The Balaban J connectivity index is 1.74. The summed E-state index contributed by atoms with van der Waals surface area (Å²) in [4.78, 5) is 2.64. The summed E-state index contributed by atoms with van der Waals surface area (Å²) in [6.07, 6.45) is 7.49. The van der Waals surface area contributed by atoms with Gasteiger partial charge in [0.15, 0.2) is 0 Å². The van der Waals surface area contributed by atoms with Gasteiger partial charge < -0.3 is 0 Å². The van der Waals surface area contributed by atoms with Gasteiger partial charge in [0.25, 0.3) is 0 Å². The van der Waals surface area contributed by atoms with Crippen molar-refractivity contribution >= 4 is 0 Å². The van der Waals surface area contributed by atoms with E-state index in [1.54, 1.807) is 0 Å². The second-order valence-corrected chi connectivity index (χ2v) is 7.07. The molecule has 0 amide bonds. The third-order valence-electron chi connectivity index (χ3n) is 4.78. The maximum atomic E-state index is 2.64. The summed E-state index contributed by atoms with van der Waals surface area (Å²) in [6, 6.07) is 0.763. The molecule has 1 aliphatic carbocycles. The van der Waals surface area contributed by atoms with Crippen LogP contribution in [0, 0.1) is 17.3 Å². The van der Waals surface area contributed by atoms with Gasteiger partial charge in [-0.25, -0.2) is 0 Å². The van der Waals surface area contributed by atoms with E-state index in [1.807, 2.05) is 0 Å². The Morgan fingerprint density at radius 2 is 1.62 bits per heavy atom. The summed E-state index contributed by atoms with van der Waals surface area (Å²) in [5.74, 6) is 1.94. The van der Waals surface area contributed by atoms with Crippen LogP contribution >= 0.6 is 0 Å². The van der Waals surface area contributed by atoms with Crippen LogP contribution in [-0.4, -0.2) is 24.0 Å². The molecule has 0 aromatic heterocycles. The van der Waals surface area contributed by atoms with Crippen LogP contribution in [0.3, 0.4) is 0 Å². The third-order valence-corrected chi connectivity index (χ3v) is 4.78. The van der Waals surface area contributed by atoms with Crippen molar-refractivity contribution in [1.29, 1.82) is 0 Å². The van der Waals surface area contributed by atoms with Crippen LogP contribution in [0.5, 0.6) is 0 Å². The molecule has 2 fully saturated rings. The number of hydrogen-bond acceptors (Lipinski definition) is 1. The molecule has 1 saturated heterocycles. The highest BCUT2D eigenvalue weighted by molar-refractivity contribution is 4.98. The van der Waals surface area contributed by atoms with Crippen LogP contribution in [0.15, 0.2) is 0 Å². The van der Waals surface area contributed by atoms with E-state index in [0.29, 0.717) is 0 Å². The van der Waals surface area contributed by atoms with Crippen molar-refractivity contribution in [2.45, 2.75) is 65.8 Å². The largest absolute Gasteiger partial charge is 0.300 e. The summed E-state index contributed by atoms with van der Waals surface area (Å²) in [7, 11) is 0. The Morgan fingerprint density at radius 3 is 2.06 bits per heavy atom. The van der Waals surface area contributed by atoms with E-state index in [9.17, 15) is 0 Å². The first-order valence-electron chi connectivity index (χ1n) is 7.25. The van der Waals surface area contributed by atoms with E-state index >= 15 is 0 Å². The number of rotatable bonds is 3. The fraction of sp³-hybridized carbons (Fsp3) is 1.00. The molecule has 0 atom stereocenters. The second-order valence-electron chi connectivity index (χ2n) is 7.07. The lowest BCUT2D eigenvalue weighted by molar-refractivity contribution is -0.0565. The minimum atomic E-state index is 0.748. The van der Waals surface area contributed by atoms with Crippen molar-refractivity contribution in [2.24, 2.45) is 17.3 Å². The van der Waals surface area contributed by atoms with Gasteiger partial charge in [-0.15, -0.1) is 0 Å². The maximum absolute atomic E-state index is 2.64. The quantitative estimate of drug-likeness (QED) is 0.700. The van der Waals surface area contributed by atoms with Crippen LogP contribution in [0.2, 0.25) is 0 Å². The van der Waals surface area contributed by atoms with Crippen LogP contribution in [0.25, 0.3) is 0 Å². The Bertz CT molecular complexity index is 216. The van der Waals surface area contributed by atoms with Crippen molar-refractivity contribution < 1.29 is 0 Å². The number of nitrogens with zero attached hydrogens (tertiary/aromatic N) is 1. The monoisotopic (exact) mass is 223 g/mol. The molecule has 2 aliphatic rings. The molecule has 1 heterocycles. The van der Waals surface area contributed by atoms with Gasteiger partial charge in [-0.3, -0.25) is 4.90 Å². The highest BCUT2D eigenvalue weighted by Crippen LogP contribution is 2.47. The molecule has 1 saturated carbocycles. The van der Waals surface area contributed by atoms with Gasteiger partial charge in [0.1, 0.15) is 0 Å². The van der Waals surface area contributed by atoms with Gasteiger partial charge in [-0.05, 0) is 63.2 Å². The molecule has 1 nitrogen and oxygen atoms in total. The van der Waals surface area contributed by atoms with Gasteiger partial charge >= 0.3 is 0 Å². The minimum Gasteiger partial charge on any atom is -0.300 e. The summed E-state index contributed by atoms with van der Waals surface area (Å²) in [5, 5.41) is 0. The standard InChI is InChI=1S/C15H29N/c1-12(2)9-14-5-7-15(8-6-14)10-16(11-15)13(3)4/h12-14H,5-11H2,1-4H3. The lowest BCUT2D eigenvalue weighted by Crippen LogP contribution is -2.59. The molecule has 0 N–H and O–H groups in total. The molecule has 0 bridgehead atoms. The van der Waals surface area contributed by atoms with E-state index < -0.39 is 0 Å². The van der Waals surface area contributed by atoms with Crippen LogP contribution in [-0.2, 0) is 0 Å². The predicted octanol–water partition coefficient (Wildman–Crippen LogP) is 3.93. The van der Waals surface area contributed by atoms with Gasteiger partial charge in [-0.2, -0.15) is 0 Å². The zero-order valence-corrected chi connectivity index (χ0v) is 11.6. The van der Waals surface area contributed by atoms with Gasteiger partial charge in [0, 0.05) is 19.1 Å². The molecule has 1 spiro atoms.